The van der Waals surface area contributed by atoms with Crippen molar-refractivity contribution in [1.82, 2.24) is 4.98 Å². The van der Waals surface area contributed by atoms with E-state index in [0.717, 1.165) is 10.8 Å². The number of carboxylic acids is 1. The first-order valence-corrected chi connectivity index (χ1v) is 6.22. The number of fused-ring (bicyclic) bond motifs is 1. The summed E-state index contributed by atoms with van der Waals surface area (Å²) in [6.45, 7) is 3.26. The summed E-state index contributed by atoms with van der Waals surface area (Å²) >= 11 is 1.17. The first-order valence-electron chi connectivity index (χ1n) is 5.40. The largest absolute Gasteiger partial charge is 0.508 e. The molecule has 0 aliphatic rings. The minimum absolute atomic E-state index is 0.144. The minimum atomic E-state index is -0.966. The Balaban J connectivity index is 2.51. The molecule has 2 aromatic rings. The van der Waals surface area contributed by atoms with Crippen molar-refractivity contribution in [1.29, 1.82) is 0 Å². The molecule has 1 heterocycles. The molecule has 94 valence electrons. The maximum atomic E-state index is 11.1. The molecule has 1 aromatic heterocycles. The van der Waals surface area contributed by atoms with E-state index in [9.17, 15) is 9.90 Å². The molecule has 1 aromatic carbocycles. The zero-order valence-corrected chi connectivity index (χ0v) is 10.9. The second-order valence-corrected chi connectivity index (χ2v) is 6.05. The molecule has 4 nitrogen and oxygen atoms in total. The highest BCUT2D eigenvalue weighted by molar-refractivity contribution is 8.01. The third-order valence-electron chi connectivity index (χ3n) is 2.58. The van der Waals surface area contributed by atoms with Gasteiger partial charge in [-0.05, 0) is 37.4 Å². The maximum Gasteiger partial charge on any atom is 0.319 e. The number of phenolic OH excluding ortho intramolecular Hbond substituents is 1. The number of carbonyl (C=O) groups is 1. The van der Waals surface area contributed by atoms with Crippen molar-refractivity contribution in [2.45, 2.75) is 23.6 Å². The Morgan fingerprint density at radius 3 is 2.72 bits per heavy atom. The summed E-state index contributed by atoms with van der Waals surface area (Å²) in [6.07, 6.45) is 1.64. The fourth-order valence-electron chi connectivity index (χ4n) is 1.50. The highest BCUT2D eigenvalue weighted by Gasteiger charge is 2.29. The summed E-state index contributed by atoms with van der Waals surface area (Å²) < 4.78 is -0.966. The molecule has 0 fully saturated rings. The fourth-order valence-corrected chi connectivity index (χ4v) is 2.47. The van der Waals surface area contributed by atoms with Crippen LogP contribution in [-0.4, -0.2) is 25.9 Å². The quantitative estimate of drug-likeness (QED) is 0.833. The number of carboxylic acid groups (broad SMARTS) is 1. The predicted octanol–water partition coefficient (Wildman–Crippen LogP) is 2.90. The van der Waals surface area contributed by atoms with Gasteiger partial charge in [-0.1, -0.05) is 17.8 Å². The van der Waals surface area contributed by atoms with Gasteiger partial charge in [-0.25, -0.2) is 4.98 Å². The van der Waals surface area contributed by atoms with Gasteiger partial charge in [0.05, 0.1) is 0 Å². The lowest BCUT2D eigenvalue weighted by Crippen LogP contribution is -2.27. The van der Waals surface area contributed by atoms with Crippen molar-refractivity contribution in [3.63, 3.8) is 0 Å². The SMILES string of the molecule is CC(C)(Sc1nccc2ccc(O)cc12)C(=O)O. The Hall–Kier alpha value is -1.75. The van der Waals surface area contributed by atoms with Crippen LogP contribution in [-0.2, 0) is 4.79 Å². The van der Waals surface area contributed by atoms with Crippen LogP contribution in [0.3, 0.4) is 0 Å². The first kappa shape index (κ1) is 12.7. The van der Waals surface area contributed by atoms with Crippen LogP contribution < -0.4 is 0 Å². The number of benzene rings is 1. The molecule has 0 aliphatic carbocycles. The lowest BCUT2D eigenvalue weighted by molar-refractivity contribution is -0.138. The van der Waals surface area contributed by atoms with E-state index in [2.05, 4.69) is 4.98 Å². The Morgan fingerprint density at radius 2 is 2.06 bits per heavy atom. The van der Waals surface area contributed by atoms with E-state index in [0.29, 0.717) is 5.03 Å². The number of aliphatic carboxylic acids is 1. The number of hydrogen-bond acceptors (Lipinski definition) is 4. The second kappa shape index (κ2) is 4.49. The van der Waals surface area contributed by atoms with Crippen LogP contribution in [0.15, 0.2) is 35.5 Å². The van der Waals surface area contributed by atoms with Crippen LogP contribution in [0, 0.1) is 0 Å². The molecule has 0 aliphatic heterocycles. The fraction of sp³-hybridized carbons (Fsp3) is 0.231. The summed E-state index contributed by atoms with van der Waals surface area (Å²) in [4.78, 5) is 15.3. The van der Waals surface area contributed by atoms with Gasteiger partial charge in [-0.15, -0.1) is 0 Å². The number of rotatable bonds is 3. The molecule has 0 atom stereocenters. The van der Waals surface area contributed by atoms with Crippen LogP contribution in [0.2, 0.25) is 0 Å². The van der Waals surface area contributed by atoms with Crippen molar-refractivity contribution < 1.29 is 15.0 Å². The van der Waals surface area contributed by atoms with Crippen molar-refractivity contribution in [3.8, 4) is 5.75 Å². The normalized spacial score (nSPS) is 11.7. The third kappa shape index (κ3) is 2.41. The Morgan fingerprint density at radius 1 is 1.33 bits per heavy atom. The highest BCUT2D eigenvalue weighted by atomic mass is 32.2. The summed E-state index contributed by atoms with van der Waals surface area (Å²) in [5, 5.41) is 20.9. The number of thioether (sulfide) groups is 1. The van der Waals surface area contributed by atoms with Gasteiger partial charge in [-0.2, -0.15) is 0 Å². The molecular weight excluding hydrogens is 250 g/mol. The number of aromatic hydroxyl groups is 1. The van der Waals surface area contributed by atoms with Gasteiger partial charge in [0.15, 0.2) is 0 Å². The van der Waals surface area contributed by atoms with E-state index < -0.39 is 10.7 Å². The molecule has 0 radical (unpaired) electrons. The van der Waals surface area contributed by atoms with Crippen LogP contribution in [0.25, 0.3) is 10.8 Å². The topological polar surface area (TPSA) is 70.4 Å². The Labute approximate surface area is 109 Å². The van der Waals surface area contributed by atoms with E-state index >= 15 is 0 Å². The number of pyridine rings is 1. The molecule has 18 heavy (non-hydrogen) atoms. The summed E-state index contributed by atoms with van der Waals surface area (Å²) in [6, 6.07) is 6.80. The summed E-state index contributed by atoms with van der Waals surface area (Å²) in [7, 11) is 0. The van der Waals surface area contributed by atoms with Crippen molar-refractivity contribution in [2.24, 2.45) is 0 Å². The van der Waals surface area contributed by atoms with E-state index in [1.165, 1.54) is 11.8 Å². The Kier molecular flexibility index (Phi) is 3.17. The van der Waals surface area contributed by atoms with Crippen LogP contribution in [0.5, 0.6) is 5.75 Å². The second-order valence-electron chi connectivity index (χ2n) is 4.44. The molecule has 2 N–H and O–H groups in total. The predicted molar refractivity (Wildman–Crippen MR) is 71.0 cm³/mol. The molecule has 0 amide bonds. The molecule has 0 saturated carbocycles. The van der Waals surface area contributed by atoms with E-state index in [1.807, 2.05) is 6.07 Å². The molecule has 5 heteroatoms. The van der Waals surface area contributed by atoms with Crippen LogP contribution >= 0.6 is 11.8 Å². The molecule has 0 unspecified atom stereocenters. The number of aromatic nitrogens is 1. The van der Waals surface area contributed by atoms with E-state index in [1.54, 1.807) is 38.2 Å². The van der Waals surface area contributed by atoms with Crippen molar-refractivity contribution in [2.75, 3.05) is 0 Å². The number of hydrogen-bond donors (Lipinski definition) is 2. The van der Waals surface area contributed by atoms with Gasteiger partial charge in [0.25, 0.3) is 0 Å². The minimum Gasteiger partial charge on any atom is -0.508 e. The van der Waals surface area contributed by atoms with Gasteiger partial charge >= 0.3 is 5.97 Å². The lowest BCUT2D eigenvalue weighted by Gasteiger charge is -2.18. The van der Waals surface area contributed by atoms with Crippen LogP contribution in [0.4, 0.5) is 0 Å². The molecule has 2 rings (SSSR count). The zero-order chi connectivity index (χ0) is 13.3. The molecule has 0 spiro atoms. The standard InChI is InChI=1S/C13H13NO3S/c1-13(2,12(16)17)18-11-10-7-9(15)4-3-8(10)5-6-14-11/h3-7,15H,1-2H3,(H,16,17). The molecule has 0 saturated heterocycles. The van der Waals surface area contributed by atoms with E-state index in [-0.39, 0.29) is 5.75 Å². The van der Waals surface area contributed by atoms with Crippen molar-refractivity contribution >= 4 is 28.5 Å². The lowest BCUT2D eigenvalue weighted by atomic mass is 10.2. The Bertz CT molecular complexity index is 610. The third-order valence-corrected chi connectivity index (χ3v) is 3.78. The zero-order valence-electron chi connectivity index (χ0n) is 10.0. The first-order chi connectivity index (χ1) is 8.40. The van der Waals surface area contributed by atoms with Gasteiger partial charge in [0.1, 0.15) is 15.5 Å². The average molecular weight is 263 g/mol. The van der Waals surface area contributed by atoms with Crippen LogP contribution in [0.1, 0.15) is 13.8 Å². The van der Waals surface area contributed by atoms with E-state index in [4.69, 9.17) is 5.11 Å². The molecule has 0 bridgehead atoms. The highest BCUT2D eigenvalue weighted by Crippen LogP contribution is 2.36. The monoisotopic (exact) mass is 263 g/mol. The maximum absolute atomic E-state index is 11.1. The molecular formula is C13H13NO3S. The van der Waals surface area contributed by atoms with Gasteiger partial charge < -0.3 is 10.2 Å². The number of phenols is 1. The van der Waals surface area contributed by atoms with Gasteiger partial charge in [-0.3, -0.25) is 4.79 Å². The smallest absolute Gasteiger partial charge is 0.319 e. The number of nitrogens with zero attached hydrogens (tertiary/aromatic N) is 1. The van der Waals surface area contributed by atoms with Crippen molar-refractivity contribution in [3.05, 3.63) is 30.5 Å². The average Bonchev–Trinajstić information content (AvgIpc) is 2.29. The summed E-state index contributed by atoms with van der Waals surface area (Å²) in [5.41, 5.74) is 0. The van der Waals surface area contributed by atoms with Gasteiger partial charge in [0.2, 0.25) is 0 Å². The summed E-state index contributed by atoms with van der Waals surface area (Å²) in [5.74, 6) is -0.753. The van der Waals surface area contributed by atoms with Gasteiger partial charge in [0, 0.05) is 11.6 Å².